The molecule has 0 bridgehead atoms. The fraction of sp³-hybridized carbons (Fsp3) is 0.800. The molecule has 7 atom stereocenters. The third kappa shape index (κ3) is 4.62. The number of rotatable bonds is 6. The molecule has 0 radical (unpaired) electrons. The summed E-state index contributed by atoms with van der Waals surface area (Å²) >= 11 is 0. The molecule has 212 valence electrons. The van der Waals surface area contributed by atoms with Gasteiger partial charge < -0.3 is 10.0 Å². The maximum Gasteiger partial charge on any atom is 0.240 e. The molecule has 1 heterocycles. The van der Waals surface area contributed by atoms with Crippen LogP contribution >= 0.6 is 0 Å². The third-order valence-electron chi connectivity index (χ3n) is 11.3. The van der Waals surface area contributed by atoms with Crippen molar-refractivity contribution in [1.82, 2.24) is 9.21 Å². The number of amides is 1. The van der Waals surface area contributed by atoms with E-state index in [2.05, 4.69) is 19.9 Å². The minimum absolute atomic E-state index is 0.0605. The average Bonchev–Trinajstić information content (AvgIpc) is 3.52. The molecule has 1 saturated heterocycles. The molecule has 4 fully saturated rings. The molecule has 1 N–H and O–H groups in total. The van der Waals surface area contributed by atoms with Gasteiger partial charge in [0, 0.05) is 32.1 Å². The van der Waals surface area contributed by atoms with Gasteiger partial charge in [-0.2, -0.15) is 4.31 Å². The monoisotopic (exact) mass is 546 g/mol. The van der Waals surface area contributed by atoms with Crippen molar-refractivity contribution in [2.75, 3.05) is 19.6 Å². The second-order valence-electron chi connectivity index (χ2n) is 13.3. The maximum atomic E-state index is 13.8. The molecule has 38 heavy (non-hydrogen) atoms. The van der Waals surface area contributed by atoms with Crippen LogP contribution in [0.2, 0.25) is 0 Å². The number of carbonyl (C=O) groups is 2. The summed E-state index contributed by atoms with van der Waals surface area (Å²) in [6, 6.07) is 0. The Labute approximate surface area is 228 Å². The second kappa shape index (κ2) is 10.2. The lowest BCUT2D eigenvalue weighted by Crippen LogP contribution is -2.51. The van der Waals surface area contributed by atoms with Crippen molar-refractivity contribution < 1.29 is 23.1 Å². The van der Waals surface area contributed by atoms with E-state index in [1.807, 2.05) is 0 Å². The Kier molecular flexibility index (Phi) is 7.49. The van der Waals surface area contributed by atoms with Gasteiger partial charge in [0.05, 0.1) is 17.6 Å². The number of Topliss-reactive ketones (excluding diaryl/α,β-unsaturated/α-hetero) is 1. The fourth-order valence-electron chi connectivity index (χ4n) is 9.11. The largest absolute Gasteiger partial charge is 0.393 e. The number of nitrogens with zero attached hydrogens (tertiary/aromatic N) is 2. The zero-order valence-corrected chi connectivity index (χ0v) is 24.4. The Morgan fingerprint density at radius 3 is 2.47 bits per heavy atom. The van der Waals surface area contributed by atoms with Crippen molar-refractivity contribution in [3.63, 3.8) is 0 Å². The van der Waals surface area contributed by atoms with Crippen molar-refractivity contribution in [2.24, 2.45) is 34.5 Å². The van der Waals surface area contributed by atoms with Crippen LogP contribution in [-0.2, 0) is 19.6 Å². The summed E-state index contributed by atoms with van der Waals surface area (Å²) in [5.74, 6) is 1.30. The predicted octanol–water partition coefficient (Wildman–Crippen LogP) is 4.63. The molecule has 5 rings (SSSR count). The minimum Gasteiger partial charge on any atom is -0.393 e. The zero-order valence-electron chi connectivity index (χ0n) is 23.6. The molecule has 0 aromatic heterocycles. The highest BCUT2D eigenvalue weighted by Crippen LogP contribution is 2.66. The first-order valence-corrected chi connectivity index (χ1v) is 16.2. The Morgan fingerprint density at radius 1 is 1.08 bits per heavy atom. The molecule has 5 aliphatic rings. The number of allylic oxidation sites excluding steroid dienone is 2. The average molecular weight is 547 g/mol. The van der Waals surface area contributed by atoms with Crippen molar-refractivity contribution >= 4 is 21.7 Å². The normalized spacial score (nSPS) is 39.7. The number of sulfonamides is 1. The van der Waals surface area contributed by atoms with E-state index in [-0.39, 0.29) is 46.0 Å². The topological polar surface area (TPSA) is 95.0 Å². The van der Waals surface area contributed by atoms with E-state index < -0.39 is 10.0 Å². The van der Waals surface area contributed by atoms with Gasteiger partial charge in [0.1, 0.15) is 0 Å². The highest BCUT2D eigenvalue weighted by atomic mass is 32.2. The van der Waals surface area contributed by atoms with E-state index >= 15 is 0 Å². The van der Waals surface area contributed by atoms with Crippen LogP contribution < -0.4 is 0 Å². The van der Waals surface area contributed by atoms with Gasteiger partial charge >= 0.3 is 0 Å². The lowest BCUT2D eigenvalue weighted by molar-refractivity contribution is -0.136. The van der Waals surface area contributed by atoms with Gasteiger partial charge in [0.25, 0.3) is 0 Å². The molecule has 7 nitrogen and oxygen atoms in total. The number of ketones is 1. The van der Waals surface area contributed by atoms with E-state index in [0.29, 0.717) is 30.8 Å². The lowest BCUT2D eigenvalue weighted by atomic mass is 9.47. The molecule has 1 amide bonds. The standard InChI is InChI=1S/C30H46N2O5S/c1-20(38(36,37)32-15-5-6-16-32)18-31(21(2)33)19-28(35)27-10-9-25-24-8-7-22-17-23(34)11-13-29(22,3)26(24)12-14-30(25,27)4/h7,18,23-27,34H,5-6,8-17,19H2,1-4H3/b20-18+. The van der Waals surface area contributed by atoms with Crippen molar-refractivity contribution in [3.8, 4) is 0 Å². The van der Waals surface area contributed by atoms with Gasteiger partial charge in [-0.15, -0.1) is 0 Å². The summed E-state index contributed by atoms with van der Waals surface area (Å²) in [6.07, 6.45) is 13.1. The van der Waals surface area contributed by atoms with Gasteiger partial charge in [0.15, 0.2) is 5.78 Å². The first kappa shape index (κ1) is 28.0. The van der Waals surface area contributed by atoms with E-state index in [9.17, 15) is 23.1 Å². The van der Waals surface area contributed by atoms with Gasteiger partial charge in [-0.05, 0) is 99.7 Å². The Hall–Kier alpha value is -1.51. The van der Waals surface area contributed by atoms with Crippen LogP contribution in [0.15, 0.2) is 22.8 Å². The van der Waals surface area contributed by atoms with E-state index in [0.717, 1.165) is 64.2 Å². The van der Waals surface area contributed by atoms with Crippen LogP contribution in [0.3, 0.4) is 0 Å². The summed E-state index contributed by atoms with van der Waals surface area (Å²) in [6.45, 7) is 8.59. The quantitative estimate of drug-likeness (QED) is 0.490. The summed E-state index contributed by atoms with van der Waals surface area (Å²) < 4.78 is 27.4. The number of hydrogen-bond acceptors (Lipinski definition) is 5. The van der Waals surface area contributed by atoms with Gasteiger partial charge in [0.2, 0.25) is 15.9 Å². The van der Waals surface area contributed by atoms with Crippen LogP contribution in [0.4, 0.5) is 0 Å². The second-order valence-corrected chi connectivity index (χ2v) is 15.4. The summed E-state index contributed by atoms with van der Waals surface area (Å²) in [7, 11) is -3.62. The Morgan fingerprint density at radius 2 is 1.79 bits per heavy atom. The van der Waals surface area contributed by atoms with Crippen LogP contribution in [0, 0.1) is 34.5 Å². The third-order valence-corrected chi connectivity index (χ3v) is 13.3. The number of aliphatic hydroxyl groups is 1. The molecular weight excluding hydrogens is 500 g/mol. The SMILES string of the molecule is CC(=O)N(/C=C(\C)S(=O)(=O)N1CCCC1)CC(=O)C1CCC2C3CC=C4CC(O)CCC4(C)C3CCC12C. The molecule has 7 unspecified atom stereocenters. The molecule has 0 spiro atoms. The number of hydrogen-bond donors (Lipinski definition) is 1. The molecule has 1 aliphatic heterocycles. The van der Waals surface area contributed by atoms with Crippen molar-refractivity contribution in [1.29, 1.82) is 0 Å². The molecule has 8 heteroatoms. The fourth-order valence-corrected chi connectivity index (χ4v) is 10.5. The molecule has 0 aromatic rings. The van der Waals surface area contributed by atoms with Crippen LogP contribution in [-0.4, -0.2) is 60.2 Å². The number of fused-ring (bicyclic) bond motifs is 5. The van der Waals surface area contributed by atoms with Crippen LogP contribution in [0.25, 0.3) is 0 Å². The molecular formula is C30H46N2O5S. The Bertz CT molecular complexity index is 1140. The first-order chi connectivity index (χ1) is 17.9. The molecule has 4 aliphatic carbocycles. The molecule has 3 saturated carbocycles. The Balaban J connectivity index is 1.32. The summed E-state index contributed by atoms with van der Waals surface area (Å²) in [5.41, 5.74) is 1.53. The van der Waals surface area contributed by atoms with Crippen molar-refractivity contribution in [2.45, 2.75) is 98.0 Å². The van der Waals surface area contributed by atoms with E-state index in [4.69, 9.17) is 0 Å². The van der Waals surface area contributed by atoms with Crippen LogP contribution in [0.5, 0.6) is 0 Å². The lowest BCUT2D eigenvalue weighted by Gasteiger charge is -2.58. The predicted molar refractivity (Wildman–Crippen MR) is 147 cm³/mol. The summed E-state index contributed by atoms with van der Waals surface area (Å²) in [5, 5.41) is 10.3. The van der Waals surface area contributed by atoms with Gasteiger partial charge in [-0.3, -0.25) is 9.59 Å². The van der Waals surface area contributed by atoms with Gasteiger partial charge in [-0.1, -0.05) is 25.5 Å². The van der Waals surface area contributed by atoms with Crippen LogP contribution in [0.1, 0.15) is 91.9 Å². The summed E-state index contributed by atoms with van der Waals surface area (Å²) in [4.78, 5) is 27.7. The smallest absolute Gasteiger partial charge is 0.240 e. The van der Waals surface area contributed by atoms with Gasteiger partial charge in [-0.25, -0.2) is 8.42 Å². The zero-order chi connectivity index (χ0) is 27.5. The highest BCUT2D eigenvalue weighted by Gasteiger charge is 2.59. The van der Waals surface area contributed by atoms with E-state index in [1.165, 1.54) is 34.8 Å². The molecule has 0 aromatic carbocycles. The number of carbonyl (C=O) groups excluding carboxylic acids is 2. The maximum absolute atomic E-state index is 13.8. The number of aliphatic hydroxyl groups excluding tert-OH is 1. The first-order valence-electron chi connectivity index (χ1n) is 14.7. The van der Waals surface area contributed by atoms with E-state index in [1.54, 1.807) is 0 Å². The minimum atomic E-state index is -3.62. The van der Waals surface area contributed by atoms with Crippen molar-refractivity contribution in [3.05, 3.63) is 22.8 Å². The highest BCUT2D eigenvalue weighted by molar-refractivity contribution is 7.93.